The van der Waals surface area contributed by atoms with Gasteiger partial charge < -0.3 is 55.6 Å². The van der Waals surface area contributed by atoms with E-state index in [2.05, 4.69) is 28.2 Å². The largest absolute Gasteiger partial charge is 0.393 e. The molecule has 0 radical (unpaired) electrons. The smallest absolute Gasteiger partial charge is 0.351 e. The molecule has 13 atom stereocenters. The van der Waals surface area contributed by atoms with Gasteiger partial charge in [0.05, 0.1) is 12.5 Å². The van der Waals surface area contributed by atoms with Crippen molar-refractivity contribution in [3.63, 3.8) is 0 Å². The Labute approximate surface area is 566 Å². The Morgan fingerprint density at radius 3 is 1.82 bits per heavy atom. The second-order valence-electron chi connectivity index (χ2n) is 30.0. The summed E-state index contributed by atoms with van der Waals surface area (Å²) in [5.41, 5.74) is -1.46. The molecule has 7 fully saturated rings. The predicted molar refractivity (Wildman–Crippen MR) is 352 cm³/mol. The van der Waals surface area contributed by atoms with Gasteiger partial charge in [0.1, 0.15) is 53.9 Å². The molecule has 11 amide bonds. The summed E-state index contributed by atoms with van der Waals surface area (Å²) in [6, 6.07) is -9.56. The van der Waals surface area contributed by atoms with Crippen LogP contribution in [0.2, 0.25) is 0 Å². The van der Waals surface area contributed by atoms with Crippen molar-refractivity contribution in [3.05, 3.63) is 0 Å². The lowest BCUT2D eigenvalue weighted by Gasteiger charge is -2.45. The van der Waals surface area contributed by atoms with E-state index in [4.69, 9.17) is 11.6 Å². The van der Waals surface area contributed by atoms with Crippen LogP contribution in [0.3, 0.4) is 0 Å². The number of alkyl halides is 4. The van der Waals surface area contributed by atoms with Crippen LogP contribution in [0.5, 0.6) is 0 Å². The summed E-state index contributed by atoms with van der Waals surface area (Å²) in [5.74, 6) is -8.45. The number of fused-ring (bicyclic) bond motifs is 2. The quantitative estimate of drug-likeness (QED) is 0.171. The first-order chi connectivity index (χ1) is 44.7. The third kappa shape index (κ3) is 18.5. The van der Waals surface area contributed by atoms with Crippen LogP contribution < -0.4 is 21.3 Å². The molecule has 4 saturated carbocycles. The molecule has 0 aromatic rings. The fourth-order valence-electron chi connectivity index (χ4n) is 16.1. The number of hydrogen-bond acceptors (Lipinski definition) is 11. The van der Waals surface area contributed by atoms with Crippen molar-refractivity contribution >= 4 is 76.6 Å². The molecular weight excluding hydrogens is 1250 g/mol. The Kier molecular flexibility index (Phi) is 26.8. The van der Waals surface area contributed by atoms with E-state index in [1.165, 1.54) is 62.5 Å². The van der Waals surface area contributed by atoms with Gasteiger partial charge in [-0.05, 0) is 139 Å². The molecule has 1 spiro atoms. The Morgan fingerprint density at radius 1 is 0.600 bits per heavy atom. The molecule has 95 heavy (non-hydrogen) atoms. The van der Waals surface area contributed by atoms with Crippen LogP contribution in [-0.4, -0.2) is 226 Å². The standard InChI is InChI=1S/C69H111ClF3N11O11/c1-13-42(5)57-66(94)79(9)44(7)62(90)84-34-30-52(84)65(93)81(11)54(38-46-24-22-41(4)23-25-46)64(92)78(8)39-55(85)75-50(29-27-45-26-28-48(49(70)37-45)69(71,72)73)63(91)83-33-18-21-51(83)60(88)77-68(31-16-17-32-68)67(95)82(12)58(47-19-14-15-20-47)61(89)74-43(6)36-56(86)80(10)53(35-40(2)3)59(87)76-57/h40-54,57-58H,13-39H2,1-12H3,(H,74,89)(H,75,85)(H,76,87)(H,77,88)/t41?,42-,43+,44-,45?,46?,48?,49?,50-,51-,52-,53-,54-,57-,58-/m0/s1. The van der Waals surface area contributed by atoms with Crippen molar-refractivity contribution in [2.75, 3.05) is 54.9 Å². The van der Waals surface area contributed by atoms with Gasteiger partial charge in [-0.1, -0.05) is 92.4 Å². The fraction of sp³-hybridized carbons (Fsp3) is 0.841. The minimum atomic E-state index is -4.49. The highest BCUT2D eigenvalue weighted by atomic mass is 35.5. The van der Waals surface area contributed by atoms with E-state index in [0.29, 0.717) is 44.4 Å². The first-order valence-electron chi connectivity index (χ1n) is 35.5. The van der Waals surface area contributed by atoms with E-state index in [1.54, 1.807) is 27.8 Å². The van der Waals surface area contributed by atoms with Gasteiger partial charge >= 0.3 is 6.18 Å². The third-order valence-electron chi connectivity index (χ3n) is 22.6. The molecule has 0 aromatic heterocycles. The summed E-state index contributed by atoms with van der Waals surface area (Å²) in [7, 11) is 7.46. The monoisotopic (exact) mass is 1360 g/mol. The summed E-state index contributed by atoms with van der Waals surface area (Å²) in [6.07, 6.45) is 5.22. The molecule has 3 heterocycles. The lowest BCUT2D eigenvalue weighted by molar-refractivity contribution is -0.182. The van der Waals surface area contributed by atoms with E-state index in [0.717, 1.165) is 38.5 Å². The number of carbonyl (C=O) groups is 11. The second-order valence-corrected chi connectivity index (χ2v) is 30.6. The molecule has 7 aliphatic rings. The average Bonchev–Trinajstić information content (AvgIpc) is 1.78. The maximum atomic E-state index is 15.3. The summed E-state index contributed by atoms with van der Waals surface area (Å²) >= 11 is 6.40. The number of amides is 11. The summed E-state index contributed by atoms with van der Waals surface area (Å²) < 4.78 is 41.9. The van der Waals surface area contributed by atoms with Crippen LogP contribution in [0.25, 0.3) is 0 Å². The summed E-state index contributed by atoms with van der Waals surface area (Å²) in [6.45, 7) is 12.6. The number of halogens is 4. The second kappa shape index (κ2) is 33.2. The number of hydrogen-bond donors (Lipinski definition) is 4. The predicted octanol–water partition coefficient (Wildman–Crippen LogP) is 6.54. The minimum Gasteiger partial charge on any atom is -0.351 e. The number of nitrogens with one attached hydrogen (secondary N) is 4. The van der Waals surface area contributed by atoms with Crippen LogP contribution >= 0.6 is 11.6 Å². The van der Waals surface area contributed by atoms with Crippen molar-refractivity contribution < 1.29 is 65.9 Å². The molecule has 22 nitrogen and oxygen atoms in total. The number of carbonyl (C=O) groups excluding carboxylic acids is 11. The molecule has 0 bridgehead atoms. The highest BCUT2D eigenvalue weighted by Crippen LogP contribution is 2.44. The van der Waals surface area contributed by atoms with E-state index in [-0.39, 0.29) is 114 Å². The minimum absolute atomic E-state index is 0.0192. The van der Waals surface area contributed by atoms with E-state index < -0.39 is 155 Å². The maximum Gasteiger partial charge on any atom is 0.393 e. The lowest BCUT2D eigenvalue weighted by Crippen LogP contribution is -2.65. The van der Waals surface area contributed by atoms with Gasteiger partial charge in [-0.15, -0.1) is 11.6 Å². The highest BCUT2D eigenvalue weighted by molar-refractivity contribution is 6.20. The molecule has 3 saturated heterocycles. The molecule has 3 aliphatic heterocycles. The van der Waals surface area contributed by atoms with Crippen molar-refractivity contribution in [2.24, 2.45) is 41.4 Å². The molecular formula is C69H111ClF3N11O11. The molecule has 0 aromatic carbocycles. The van der Waals surface area contributed by atoms with Gasteiger partial charge in [0, 0.05) is 66.2 Å². The van der Waals surface area contributed by atoms with Gasteiger partial charge in [0.25, 0.3) is 0 Å². The maximum absolute atomic E-state index is 15.3. The SMILES string of the molecule is CC[C@H](C)[C@@H]1NC(=O)[C@H](CC(C)C)N(C)C(=O)C[C@@H](C)NC(=O)[C@H](C2CCCC2)N(C)C(=O)C2(CCCC2)NC(=O)[C@@H]2CCCN2C(=O)[C@H](CCC2CCC(C(F)(F)F)C(Cl)C2)NC(=O)CN(C)C(=O)[C@H](CC2CCC(C)CC2)N(C)C(=O)[C@@H]2CCN2C(=O)[C@H](C)N(C)C1=O. The fourth-order valence-corrected chi connectivity index (χ4v) is 16.6. The van der Waals surface area contributed by atoms with Crippen molar-refractivity contribution in [1.29, 1.82) is 0 Å². The van der Waals surface area contributed by atoms with Gasteiger partial charge in [-0.2, -0.15) is 13.2 Å². The van der Waals surface area contributed by atoms with Gasteiger partial charge in [0.15, 0.2) is 0 Å². The van der Waals surface area contributed by atoms with Crippen molar-refractivity contribution in [3.8, 4) is 0 Å². The normalized spacial score (nSPS) is 33.3. The third-order valence-corrected chi connectivity index (χ3v) is 23.1. The average molecular weight is 1360 g/mol. The van der Waals surface area contributed by atoms with Crippen molar-refractivity contribution in [1.82, 2.24) is 55.6 Å². The Bertz CT molecular complexity index is 2760. The van der Waals surface area contributed by atoms with E-state index in [1.807, 2.05) is 20.8 Å². The Hall–Kier alpha value is -5.75. The molecule has 26 heteroatoms. The molecule has 4 aliphatic carbocycles. The molecule has 4 N–H and O–H groups in total. The van der Waals surface area contributed by atoms with Gasteiger partial charge in [0.2, 0.25) is 65.0 Å². The Balaban J connectivity index is 1.23. The van der Waals surface area contributed by atoms with Crippen LogP contribution in [0.1, 0.15) is 203 Å². The number of nitrogens with zero attached hydrogens (tertiary/aromatic N) is 7. The number of likely N-dealkylation sites (N-methyl/N-ethyl adjacent to an activating group) is 5. The van der Waals surface area contributed by atoms with Crippen LogP contribution in [-0.2, 0) is 52.7 Å². The molecule has 7 rings (SSSR count). The Morgan fingerprint density at radius 2 is 1.23 bits per heavy atom. The topological polar surface area (TPSA) is 259 Å². The summed E-state index contributed by atoms with van der Waals surface area (Å²) in [4.78, 5) is 172. The lowest BCUT2D eigenvalue weighted by atomic mass is 9.78. The zero-order valence-corrected chi connectivity index (χ0v) is 59.3. The van der Waals surface area contributed by atoms with E-state index in [9.17, 15) is 51.5 Å². The van der Waals surface area contributed by atoms with Crippen molar-refractivity contribution in [2.45, 2.75) is 274 Å². The zero-order valence-electron chi connectivity index (χ0n) is 58.5. The molecule has 3 unspecified atom stereocenters. The van der Waals surface area contributed by atoms with Crippen LogP contribution in [0.15, 0.2) is 0 Å². The first kappa shape index (κ1) is 76.6. The van der Waals surface area contributed by atoms with Gasteiger partial charge in [-0.25, -0.2) is 0 Å². The number of rotatable bonds is 10. The van der Waals surface area contributed by atoms with Crippen LogP contribution in [0, 0.1) is 41.4 Å². The highest BCUT2D eigenvalue weighted by Gasteiger charge is 2.52. The first-order valence-corrected chi connectivity index (χ1v) is 36.0. The van der Waals surface area contributed by atoms with E-state index >= 15 is 14.4 Å². The zero-order chi connectivity index (χ0) is 70.1. The van der Waals surface area contributed by atoms with Crippen LogP contribution in [0.4, 0.5) is 13.2 Å². The molecule has 536 valence electrons. The van der Waals surface area contributed by atoms with Gasteiger partial charge in [-0.3, -0.25) is 52.7 Å². The summed E-state index contributed by atoms with van der Waals surface area (Å²) in [5, 5.41) is 10.7.